The molecule has 3 N–H and O–H groups in total. The highest BCUT2D eigenvalue weighted by Gasteiger charge is 2.29. The Hall–Kier alpha value is -1.94. The molecule has 2 aromatic rings. The van der Waals surface area contributed by atoms with Crippen LogP contribution in [0.25, 0.3) is 10.9 Å². The van der Waals surface area contributed by atoms with E-state index >= 15 is 0 Å². The van der Waals surface area contributed by atoms with Crippen molar-refractivity contribution in [1.82, 2.24) is 10.3 Å². The van der Waals surface area contributed by atoms with Gasteiger partial charge in [0.25, 0.3) is 0 Å². The Morgan fingerprint density at radius 2 is 2.10 bits per heavy atom. The second-order valence-electron chi connectivity index (χ2n) is 5.62. The summed E-state index contributed by atoms with van der Waals surface area (Å²) in [5.74, 6) is 0.0284. The summed E-state index contributed by atoms with van der Waals surface area (Å²) >= 11 is 0. The molecule has 1 aromatic carbocycles. The molecule has 0 saturated carbocycles. The molecule has 1 amide bonds. The number of para-hydroxylation sites is 1. The van der Waals surface area contributed by atoms with Crippen LogP contribution >= 0.6 is 0 Å². The predicted octanol–water partition coefficient (Wildman–Crippen LogP) is 2.27. The molecule has 4 heteroatoms. The number of hydrogen-bond donors (Lipinski definition) is 2. The summed E-state index contributed by atoms with van der Waals surface area (Å²) in [6.07, 6.45) is 3.31. The summed E-state index contributed by atoms with van der Waals surface area (Å²) < 4.78 is 0. The lowest BCUT2D eigenvalue weighted by Crippen LogP contribution is -2.44. The van der Waals surface area contributed by atoms with E-state index in [0.717, 1.165) is 29.3 Å². The van der Waals surface area contributed by atoms with Gasteiger partial charge < -0.3 is 11.1 Å². The van der Waals surface area contributed by atoms with Crippen LogP contribution in [0.3, 0.4) is 0 Å². The van der Waals surface area contributed by atoms with Crippen molar-refractivity contribution < 1.29 is 4.79 Å². The van der Waals surface area contributed by atoms with Crippen molar-refractivity contribution in [3.8, 4) is 0 Å². The summed E-state index contributed by atoms with van der Waals surface area (Å²) in [5.41, 5.74) is 7.39. The highest BCUT2D eigenvalue weighted by atomic mass is 16.2. The third kappa shape index (κ3) is 3.39. The minimum Gasteiger partial charge on any atom is -0.355 e. The molecule has 1 atom stereocenters. The van der Waals surface area contributed by atoms with Gasteiger partial charge in [-0.25, -0.2) is 0 Å². The Labute approximate surface area is 125 Å². The minimum atomic E-state index is -0.475. The Bertz CT molecular complexity index is 615. The van der Waals surface area contributed by atoms with Crippen molar-refractivity contribution in [3.63, 3.8) is 0 Å². The standard InChI is InChI=1S/C17H23N3O/c1-3-17(2,12-18)16(21)20-11-9-14-7-4-6-13-8-5-10-19-15(13)14/h4-8,10H,3,9,11-12,18H2,1-2H3,(H,20,21). The zero-order chi connectivity index (χ0) is 15.3. The molecule has 0 saturated heterocycles. The molecule has 1 heterocycles. The van der Waals surface area contributed by atoms with Gasteiger partial charge in [-0.05, 0) is 31.4 Å². The number of benzene rings is 1. The minimum absolute atomic E-state index is 0.0284. The van der Waals surface area contributed by atoms with E-state index < -0.39 is 5.41 Å². The molecule has 1 aromatic heterocycles. The summed E-state index contributed by atoms with van der Waals surface area (Å²) in [5, 5.41) is 4.12. The van der Waals surface area contributed by atoms with E-state index in [4.69, 9.17) is 5.73 Å². The zero-order valence-electron chi connectivity index (χ0n) is 12.7. The number of nitrogens with two attached hydrogens (primary N) is 1. The van der Waals surface area contributed by atoms with Gasteiger partial charge in [0.15, 0.2) is 0 Å². The molecule has 21 heavy (non-hydrogen) atoms. The number of nitrogens with one attached hydrogen (secondary N) is 1. The van der Waals surface area contributed by atoms with Crippen molar-refractivity contribution >= 4 is 16.8 Å². The molecule has 0 bridgehead atoms. The highest BCUT2D eigenvalue weighted by Crippen LogP contribution is 2.19. The van der Waals surface area contributed by atoms with Gasteiger partial charge in [0.2, 0.25) is 5.91 Å². The van der Waals surface area contributed by atoms with Crippen LogP contribution in [0.15, 0.2) is 36.5 Å². The van der Waals surface area contributed by atoms with E-state index in [0.29, 0.717) is 13.1 Å². The van der Waals surface area contributed by atoms with Crippen LogP contribution in [-0.2, 0) is 11.2 Å². The van der Waals surface area contributed by atoms with Crippen molar-refractivity contribution in [2.24, 2.45) is 11.1 Å². The average Bonchev–Trinajstić information content (AvgIpc) is 2.54. The molecule has 0 aliphatic heterocycles. The number of rotatable bonds is 6. The Kier molecular flexibility index (Phi) is 4.91. The maximum atomic E-state index is 12.2. The first kappa shape index (κ1) is 15.4. The fourth-order valence-corrected chi connectivity index (χ4v) is 2.29. The average molecular weight is 285 g/mol. The summed E-state index contributed by atoms with van der Waals surface area (Å²) in [4.78, 5) is 16.6. The number of hydrogen-bond acceptors (Lipinski definition) is 3. The van der Waals surface area contributed by atoms with Gasteiger partial charge in [0, 0.05) is 24.7 Å². The number of carbonyl (C=O) groups excluding carboxylic acids is 1. The van der Waals surface area contributed by atoms with E-state index in [-0.39, 0.29) is 5.91 Å². The van der Waals surface area contributed by atoms with Crippen LogP contribution in [0, 0.1) is 5.41 Å². The lowest BCUT2D eigenvalue weighted by molar-refractivity contribution is -0.129. The van der Waals surface area contributed by atoms with Gasteiger partial charge >= 0.3 is 0 Å². The molecule has 0 radical (unpaired) electrons. The van der Waals surface area contributed by atoms with Crippen molar-refractivity contribution in [3.05, 3.63) is 42.1 Å². The second kappa shape index (κ2) is 6.68. The Morgan fingerprint density at radius 1 is 1.33 bits per heavy atom. The Morgan fingerprint density at radius 3 is 2.81 bits per heavy atom. The molecular weight excluding hydrogens is 262 g/mol. The van der Waals surface area contributed by atoms with Crippen LogP contribution < -0.4 is 11.1 Å². The first-order valence-electron chi connectivity index (χ1n) is 7.41. The molecule has 112 valence electrons. The molecule has 1 unspecified atom stereocenters. The van der Waals surface area contributed by atoms with Crippen molar-refractivity contribution in [1.29, 1.82) is 0 Å². The van der Waals surface area contributed by atoms with E-state index in [1.54, 1.807) is 6.20 Å². The predicted molar refractivity (Wildman–Crippen MR) is 85.9 cm³/mol. The fraction of sp³-hybridized carbons (Fsp3) is 0.412. The molecule has 0 fully saturated rings. The normalized spacial score (nSPS) is 13.9. The van der Waals surface area contributed by atoms with Gasteiger partial charge in [-0.2, -0.15) is 0 Å². The first-order valence-corrected chi connectivity index (χ1v) is 7.41. The molecule has 0 aliphatic rings. The molecule has 0 spiro atoms. The zero-order valence-corrected chi connectivity index (χ0v) is 12.7. The maximum Gasteiger partial charge on any atom is 0.227 e. The SMILES string of the molecule is CCC(C)(CN)C(=O)NCCc1cccc2cccnc12. The van der Waals surface area contributed by atoms with Crippen molar-refractivity contribution in [2.45, 2.75) is 26.7 Å². The highest BCUT2D eigenvalue weighted by molar-refractivity contribution is 5.83. The lowest BCUT2D eigenvalue weighted by Gasteiger charge is -2.24. The van der Waals surface area contributed by atoms with Gasteiger partial charge in [-0.15, -0.1) is 0 Å². The lowest BCUT2D eigenvalue weighted by atomic mass is 9.86. The summed E-state index contributed by atoms with van der Waals surface area (Å²) in [6, 6.07) is 10.1. The summed E-state index contributed by atoms with van der Waals surface area (Å²) in [6.45, 7) is 4.86. The number of pyridine rings is 1. The molecule has 0 aliphatic carbocycles. The van der Waals surface area contributed by atoms with Crippen LogP contribution in [0.2, 0.25) is 0 Å². The van der Waals surface area contributed by atoms with E-state index in [1.807, 2.05) is 38.1 Å². The largest absolute Gasteiger partial charge is 0.355 e. The topological polar surface area (TPSA) is 68.0 Å². The van der Waals surface area contributed by atoms with Gasteiger partial charge in [-0.1, -0.05) is 31.2 Å². The van der Waals surface area contributed by atoms with Crippen molar-refractivity contribution in [2.75, 3.05) is 13.1 Å². The van der Waals surface area contributed by atoms with Crippen LogP contribution in [0.1, 0.15) is 25.8 Å². The third-order valence-corrected chi connectivity index (χ3v) is 4.18. The van der Waals surface area contributed by atoms with Gasteiger partial charge in [0.05, 0.1) is 10.9 Å². The molecular formula is C17H23N3O. The quantitative estimate of drug-likeness (QED) is 0.855. The van der Waals surface area contributed by atoms with Gasteiger partial charge in [0.1, 0.15) is 0 Å². The van der Waals surface area contributed by atoms with E-state index in [1.165, 1.54) is 0 Å². The number of fused-ring (bicyclic) bond motifs is 1. The molecule has 4 nitrogen and oxygen atoms in total. The van der Waals surface area contributed by atoms with Crippen LogP contribution in [0.4, 0.5) is 0 Å². The van der Waals surface area contributed by atoms with Crippen LogP contribution in [0.5, 0.6) is 0 Å². The number of amides is 1. The number of nitrogens with zero attached hydrogens (tertiary/aromatic N) is 1. The Balaban J connectivity index is 2.01. The van der Waals surface area contributed by atoms with E-state index in [9.17, 15) is 4.79 Å². The monoisotopic (exact) mass is 285 g/mol. The third-order valence-electron chi connectivity index (χ3n) is 4.18. The van der Waals surface area contributed by atoms with E-state index in [2.05, 4.69) is 16.4 Å². The maximum absolute atomic E-state index is 12.2. The van der Waals surface area contributed by atoms with Crippen LogP contribution in [-0.4, -0.2) is 24.0 Å². The fourth-order valence-electron chi connectivity index (χ4n) is 2.29. The number of aromatic nitrogens is 1. The first-order chi connectivity index (χ1) is 10.1. The summed E-state index contributed by atoms with van der Waals surface area (Å²) in [7, 11) is 0. The number of carbonyl (C=O) groups is 1. The molecule has 2 rings (SSSR count). The van der Waals surface area contributed by atoms with Gasteiger partial charge in [-0.3, -0.25) is 9.78 Å². The smallest absolute Gasteiger partial charge is 0.227 e. The second-order valence-corrected chi connectivity index (χ2v) is 5.62.